The number of halogens is 1. The second kappa shape index (κ2) is 8.28. The van der Waals surface area contributed by atoms with Crippen LogP contribution in [0.3, 0.4) is 0 Å². The van der Waals surface area contributed by atoms with Gasteiger partial charge in [0.15, 0.2) is 6.54 Å². The molecule has 1 aromatic rings. The number of carbonyl (C=O) groups is 3. The molecule has 1 aliphatic heterocycles. The van der Waals surface area contributed by atoms with Gasteiger partial charge < -0.3 is 19.9 Å². The molecule has 7 nitrogen and oxygen atoms in total. The van der Waals surface area contributed by atoms with Gasteiger partial charge in [0, 0.05) is 0 Å². The molecule has 23 heavy (non-hydrogen) atoms. The molecule has 0 spiro atoms. The van der Waals surface area contributed by atoms with E-state index in [0.29, 0.717) is 43.3 Å². The number of alkyl halides is 1. The van der Waals surface area contributed by atoms with Crippen LogP contribution in [0, 0.1) is 0 Å². The van der Waals surface area contributed by atoms with Crippen molar-refractivity contribution in [1.29, 1.82) is 0 Å². The molecule has 0 radical (unpaired) electrons. The summed E-state index contributed by atoms with van der Waals surface area (Å²) in [6.45, 7) is 2.89. The number of methoxy groups -OCH3 is 1. The maximum atomic E-state index is 12.1. The van der Waals surface area contributed by atoms with Gasteiger partial charge in [-0.3, -0.25) is 9.59 Å². The van der Waals surface area contributed by atoms with E-state index < -0.39 is 5.97 Å². The van der Waals surface area contributed by atoms with Crippen LogP contribution >= 0.6 is 22.9 Å². The third kappa shape index (κ3) is 4.66. The van der Waals surface area contributed by atoms with Crippen molar-refractivity contribution in [2.75, 3.05) is 51.0 Å². The maximum Gasteiger partial charge on any atom is 0.340 e. The highest BCUT2D eigenvalue weighted by atomic mass is 35.5. The summed E-state index contributed by atoms with van der Waals surface area (Å²) in [5.41, 5.74) is 0.360. The molecule has 9 heteroatoms. The molecule has 0 bridgehead atoms. The molecule has 1 saturated heterocycles. The topological polar surface area (TPSA) is 80.2 Å². The average Bonchev–Trinajstić information content (AvgIpc) is 3.02. The van der Waals surface area contributed by atoms with Crippen molar-refractivity contribution in [3.8, 4) is 0 Å². The molecule has 126 valence electrons. The van der Waals surface area contributed by atoms with E-state index in [1.165, 1.54) is 18.4 Å². The number of hydrogen-bond acceptors (Lipinski definition) is 5. The zero-order valence-electron chi connectivity index (χ0n) is 12.8. The van der Waals surface area contributed by atoms with Gasteiger partial charge in [0.25, 0.3) is 5.91 Å². The summed E-state index contributed by atoms with van der Waals surface area (Å²) in [5, 5.41) is 4.98. The van der Waals surface area contributed by atoms with Gasteiger partial charge in [0.2, 0.25) is 5.91 Å². The Kier molecular flexibility index (Phi) is 6.37. The SMILES string of the molecule is COC(=O)c1ccsc1NC(=O)C[NH+]1CCN(C(=O)CCl)CC1. The fourth-order valence-corrected chi connectivity index (χ4v) is 3.37. The minimum Gasteiger partial charge on any atom is -0.465 e. The van der Waals surface area contributed by atoms with Crippen molar-refractivity contribution < 1.29 is 24.0 Å². The molecule has 2 heterocycles. The Morgan fingerprint density at radius 1 is 1.39 bits per heavy atom. The zero-order chi connectivity index (χ0) is 16.8. The molecule has 2 rings (SSSR count). The number of amides is 2. The van der Waals surface area contributed by atoms with Crippen molar-refractivity contribution in [1.82, 2.24) is 4.90 Å². The number of nitrogens with one attached hydrogen (secondary N) is 2. The molecule has 0 aromatic carbocycles. The average molecular weight is 361 g/mol. The minimum absolute atomic E-state index is 0.00942. The van der Waals surface area contributed by atoms with Gasteiger partial charge in [-0.15, -0.1) is 22.9 Å². The molecular weight excluding hydrogens is 342 g/mol. The molecule has 2 N–H and O–H groups in total. The molecular formula is C14H19ClN3O4S+. The molecule has 1 fully saturated rings. The van der Waals surface area contributed by atoms with E-state index in [-0.39, 0.29) is 17.7 Å². The number of carbonyl (C=O) groups excluding carboxylic acids is 3. The summed E-state index contributed by atoms with van der Waals surface area (Å²) < 4.78 is 4.67. The molecule has 2 amide bonds. The summed E-state index contributed by atoms with van der Waals surface area (Å²) in [7, 11) is 1.30. The Morgan fingerprint density at radius 2 is 2.09 bits per heavy atom. The number of thiophene rings is 1. The van der Waals surface area contributed by atoms with Gasteiger partial charge in [-0.1, -0.05) is 0 Å². The monoisotopic (exact) mass is 360 g/mol. The van der Waals surface area contributed by atoms with Gasteiger partial charge in [0.1, 0.15) is 10.9 Å². The molecule has 1 aliphatic rings. The normalized spacial score (nSPS) is 15.3. The van der Waals surface area contributed by atoms with E-state index in [0.717, 1.165) is 4.90 Å². The quantitative estimate of drug-likeness (QED) is 0.545. The van der Waals surface area contributed by atoms with E-state index in [2.05, 4.69) is 10.1 Å². The first kappa shape index (κ1) is 17.7. The van der Waals surface area contributed by atoms with Crippen LogP contribution in [-0.2, 0) is 14.3 Å². The number of piperazine rings is 1. The summed E-state index contributed by atoms with van der Waals surface area (Å²) >= 11 is 6.82. The van der Waals surface area contributed by atoms with Crippen LogP contribution in [0.2, 0.25) is 0 Å². The zero-order valence-corrected chi connectivity index (χ0v) is 14.3. The molecule has 0 atom stereocenters. The molecule has 0 unspecified atom stereocenters. The first-order valence-electron chi connectivity index (χ1n) is 7.18. The van der Waals surface area contributed by atoms with Crippen molar-refractivity contribution in [3.05, 3.63) is 17.0 Å². The van der Waals surface area contributed by atoms with E-state index >= 15 is 0 Å². The van der Waals surface area contributed by atoms with Crippen LogP contribution in [0.25, 0.3) is 0 Å². The fraction of sp³-hybridized carbons (Fsp3) is 0.500. The number of esters is 1. The third-order valence-electron chi connectivity index (χ3n) is 3.67. The highest BCUT2D eigenvalue weighted by Crippen LogP contribution is 2.23. The van der Waals surface area contributed by atoms with E-state index in [1.807, 2.05) is 0 Å². The van der Waals surface area contributed by atoms with Crippen LogP contribution in [0.1, 0.15) is 10.4 Å². The standard InChI is InChI=1S/C14H18ClN3O4S/c1-22-14(21)10-2-7-23-13(10)16-11(19)9-17-3-5-18(6-4-17)12(20)8-15/h2,7H,3-6,8-9H2,1H3,(H,16,19)/p+1. The number of ether oxygens (including phenoxy) is 1. The number of nitrogens with zero attached hydrogens (tertiary/aromatic N) is 1. The lowest BCUT2D eigenvalue weighted by Crippen LogP contribution is -3.15. The Morgan fingerprint density at radius 3 is 2.70 bits per heavy atom. The second-order valence-corrected chi connectivity index (χ2v) is 6.33. The Labute approximate surface area is 143 Å². The van der Waals surface area contributed by atoms with Crippen LogP contribution < -0.4 is 10.2 Å². The Bertz CT molecular complexity index is 584. The van der Waals surface area contributed by atoms with E-state index in [9.17, 15) is 14.4 Å². The van der Waals surface area contributed by atoms with Gasteiger partial charge in [0.05, 0.1) is 38.9 Å². The molecule has 1 aromatic heterocycles. The summed E-state index contributed by atoms with van der Waals surface area (Å²) in [6, 6.07) is 1.62. The summed E-state index contributed by atoms with van der Waals surface area (Å²) in [6.07, 6.45) is 0. The van der Waals surface area contributed by atoms with Crippen molar-refractivity contribution in [2.45, 2.75) is 0 Å². The first-order valence-corrected chi connectivity index (χ1v) is 8.59. The van der Waals surface area contributed by atoms with Crippen molar-refractivity contribution in [2.24, 2.45) is 0 Å². The van der Waals surface area contributed by atoms with Gasteiger partial charge in [-0.2, -0.15) is 0 Å². The molecule has 0 aliphatic carbocycles. The van der Waals surface area contributed by atoms with Crippen LogP contribution in [-0.4, -0.2) is 68.4 Å². The van der Waals surface area contributed by atoms with Crippen LogP contribution in [0.15, 0.2) is 11.4 Å². The van der Waals surface area contributed by atoms with Gasteiger partial charge in [-0.05, 0) is 11.4 Å². The third-order valence-corrected chi connectivity index (χ3v) is 4.73. The van der Waals surface area contributed by atoms with E-state index in [4.69, 9.17) is 11.6 Å². The maximum absolute atomic E-state index is 12.1. The smallest absolute Gasteiger partial charge is 0.340 e. The van der Waals surface area contributed by atoms with E-state index in [1.54, 1.807) is 16.3 Å². The minimum atomic E-state index is -0.470. The van der Waals surface area contributed by atoms with Gasteiger partial charge >= 0.3 is 5.97 Å². The van der Waals surface area contributed by atoms with Crippen molar-refractivity contribution >= 4 is 45.7 Å². The van der Waals surface area contributed by atoms with Crippen LogP contribution in [0.5, 0.6) is 0 Å². The second-order valence-electron chi connectivity index (χ2n) is 5.14. The largest absolute Gasteiger partial charge is 0.465 e. The van der Waals surface area contributed by atoms with Gasteiger partial charge in [-0.25, -0.2) is 4.79 Å². The van der Waals surface area contributed by atoms with Crippen molar-refractivity contribution in [3.63, 3.8) is 0 Å². The lowest BCUT2D eigenvalue weighted by atomic mass is 10.3. The first-order chi connectivity index (χ1) is 11.0. The van der Waals surface area contributed by atoms with Crippen LogP contribution in [0.4, 0.5) is 5.00 Å². The highest BCUT2D eigenvalue weighted by Gasteiger charge is 2.25. The lowest BCUT2D eigenvalue weighted by molar-refractivity contribution is -0.895. The summed E-state index contributed by atoms with van der Waals surface area (Å²) in [5.74, 6) is -0.715. The predicted molar refractivity (Wildman–Crippen MR) is 87.2 cm³/mol. The number of anilines is 1. The fourth-order valence-electron chi connectivity index (χ4n) is 2.41. The summed E-state index contributed by atoms with van der Waals surface area (Å²) in [4.78, 5) is 38.0. The Hall–Kier alpha value is -1.64. The number of hydrogen-bond donors (Lipinski definition) is 2. The number of quaternary nitrogens is 1. The molecule has 0 saturated carbocycles. The highest BCUT2D eigenvalue weighted by molar-refractivity contribution is 7.14. The predicted octanol–water partition coefficient (Wildman–Crippen LogP) is -0.561. The lowest BCUT2D eigenvalue weighted by Gasteiger charge is -2.31. The Balaban J connectivity index is 1.83. The number of rotatable bonds is 5.